The van der Waals surface area contributed by atoms with Crippen molar-refractivity contribution in [3.8, 4) is 5.75 Å². The van der Waals surface area contributed by atoms with Crippen LogP contribution in [0.4, 0.5) is 5.69 Å². The molecular weight excluding hydrogens is 340 g/mol. The number of carbonyl (C=O) groups excluding carboxylic acids is 1. The van der Waals surface area contributed by atoms with Crippen molar-refractivity contribution in [3.05, 3.63) is 58.5 Å². The minimum Gasteiger partial charge on any atom is -0.488 e. The lowest BCUT2D eigenvalue weighted by molar-refractivity contribution is -0.115. The molecule has 0 spiro atoms. The third kappa shape index (κ3) is 5.56. The number of aromatic nitrogens is 1. The van der Waals surface area contributed by atoms with Crippen LogP contribution >= 0.6 is 0 Å². The molecular formula is C18H22N2O4S. The van der Waals surface area contributed by atoms with Crippen molar-refractivity contribution < 1.29 is 13.7 Å². The van der Waals surface area contributed by atoms with Crippen molar-refractivity contribution in [1.82, 2.24) is 4.98 Å². The molecule has 1 aromatic heterocycles. The molecule has 0 aliphatic rings. The minimum absolute atomic E-state index is 0.0900. The summed E-state index contributed by atoms with van der Waals surface area (Å²) in [6.07, 6.45) is 2.28. The Kier molecular flexibility index (Phi) is 6.94. The number of rotatable bonds is 8. The van der Waals surface area contributed by atoms with E-state index >= 15 is 0 Å². The monoisotopic (exact) mass is 362 g/mol. The van der Waals surface area contributed by atoms with Gasteiger partial charge in [0.15, 0.2) is 5.75 Å². The molecule has 1 amide bonds. The molecule has 2 N–H and O–H groups in total. The highest BCUT2D eigenvalue weighted by atomic mass is 32.2. The van der Waals surface area contributed by atoms with Crippen LogP contribution in [0.1, 0.15) is 26.0 Å². The van der Waals surface area contributed by atoms with E-state index in [-0.39, 0.29) is 22.8 Å². The van der Waals surface area contributed by atoms with Crippen LogP contribution < -0.4 is 15.5 Å². The zero-order valence-corrected chi connectivity index (χ0v) is 15.1. The Morgan fingerprint density at radius 2 is 2.04 bits per heavy atom. The standard InChI is InChI=1S/C18H22N2O4S/c1-3-9-24-17-11-19-15(10-16(17)21)12-25(23)13(2)18(22)20-14-7-5-4-6-8-14/h4-8,10-11,13H,3,9,12H2,1-2H3,(H,19,21)(H,20,22). The fourth-order valence-corrected chi connectivity index (χ4v) is 3.09. The molecule has 2 rings (SSSR count). The first-order valence-corrected chi connectivity index (χ1v) is 9.47. The van der Waals surface area contributed by atoms with E-state index in [0.29, 0.717) is 18.0 Å². The number of nitrogens with one attached hydrogen (secondary N) is 2. The topological polar surface area (TPSA) is 88.3 Å². The summed E-state index contributed by atoms with van der Waals surface area (Å²) in [5.41, 5.74) is 0.898. The van der Waals surface area contributed by atoms with Gasteiger partial charge in [0.2, 0.25) is 11.3 Å². The van der Waals surface area contributed by atoms with E-state index in [1.54, 1.807) is 19.1 Å². The van der Waals surface area contributed by atoms with Crippen LogP contribution in [0, 0.1) is 0 Å². The van der Waals surface area contributed by atoms with E-state index in [2.05, 4.69) is 10.3 Å². The minimum atomic E-state index is -1.46. The van der Waals surface area contributed by atoms with Gasteiger partial charge in [0.05, 0.1) is 12.4 Å². The average Bonchev–Trinajstić information content (AvgIpc) is 2.61. The quantitative estimate of drug-likeness (QED) is 0.755. The van der Waals surface area contributed by atoms with Gasteiger partial charge < -0.3 is 15.0 Å². The van der Waals surface area contributed by atoms with Crippen LogP contribution in [0.5, 0.6) is 5.75 Å². The fraction of sp³-hybridized carbons (Fsp3) is 0.333. The highest BCUT2D eigenvalue weighted by Gasteiger charge is 2.20. The highest BCUT2D eigenvalue weighted by Crippen LogP contribution is 2.11. The van der Waals surface area contributed by atoms with Gasteiger partial charge in [-0.15, -0.1) is 0 Å². The molecule has 0 saturated carbocycles. The molecule has 134 valence electrons. The lowest BCUT2D eigenvalue weighted by Crippen LogP contribution is -2.30. The van der Waals surface area contributed by atoms with Gasteiger partial charge in [-0.2, -0.15) is 0 Å². The highest BCUT2D eigenvalue weighted by molar-refractivity contribution is 7.85. The summed E-state index contributed by atoms with van der Waals surface area (Å²) in [4.78, 5) is 27.0. The van der Waals surface area contributed by atoms with Gasteiger partial charge in [-0.25, -0.2) is 0 Å². The Hall–Kier alpha value is -2.41. The second-order valence-corrected chi connectivity index (χ2v) is 7.32. The zero-order valence-electron chi connectivity index (χ0n) is 14.3. The number of anilines is 1. The summed E-state index contributed by atoms with van der Waals surface area (Å²) in [7, 11) is -1.46. The number of amides is 1. The smallest absolute Gasteiger partial charge is 0.239 e. The number of aromatic amines is 1. The van der Waals surface area contributed by atoms with Crippen LogP contribution in [-0.2, 0) is 21.3 Å². The molecule has 1 heterocycles. The van der Waals surface area contributed by atoms with Crippen LogP contribution in [-0.4, -0.2) is 27.0 Å². The first-order valence-electron chi connectivity index (χ1n) is 8.08. The second-order valence-electron chi connectivity index (χ2n) is 5.56. The SMILES string of the molecule is CCCOc1c[nH]c(CS(=O)C(C)C(=O)Nc2ccccc2)cc1=O. The average molecular weight is 362 g/mol. The first kappa shape index (κ1) is 18.9. The largest absolute Gasteiger partial charge is 0.488 e. The first-order chi connectivity index (χ1) is 12.0. The molecule has 6 nitrogen and oxygen atoms in total. The number of H-pyrrole nitrogens is 1. The van der Waals surface area contributed by atoms with E-state index in [1.807, 2.05) is 25.1 Å². The van der Waals surface area contributed by atoms with Crippen molar-refractivity contribution in [2.75, 3.05) is 11.9 Å². The van der Waals surface area contributed by atoms with E-state index in [9.17, 15) is 13.8 Å². The van der Waals surface area contributed by atoms with Crippen molar-refractivity contribution in [2.24, 2.45) is 0 Å². The molecule has 0 radical (unpaired) electrons. The number of ether oxygens (including phenoxy) is 1. The Balaban J connectivity index is 1.97. The van der Waals surface area contributed by atoms with E-state index in [4.69, 9.17) is 4.74 Å². The summed E-state index contributed by atoms with van der Waals surface area (Å²) in [5.74, 6) is 0.00758. The van der Waals surface area contributed by atoms with Gasteiger partial charge in [-0.1, -0.05) is 25.1 Å². The molecule has 2 aromatic rings. The Bertz CT molecular complexity index is 789. The summed E-state index contributed by atoms with van der Waals surface area (Å²) in [5, 5.41) is 2.02. The molecule has 0 saturated heterocycles. The third-order valence-electron chi connectivity index (χ3n) is 3.50. The lowest BCUT2D eigenvalue weighted by atomic mass is 10.3. The number of hydrogen-bond donors (Lipinski definition) is 2. The van der Waals surface area contributed by atoms with Crippen LogP contribution in [0.3, 0.4) is 0 Å². The summed E-state index contributed by atoms with van der Waals surface area (Å²) in [6.45, 7) is 4.02. The molecule has 0 aliphatic carbocycles. The van der Waals surface area contributed by atoms with Crippen LogP contribution in [0.25, 0.3) is 0 Å². The molecule has 2 atom stereocenters. The van der Waals surface area contributed by atoms with Crippen LogP contribution in [0.2, 0.25) is 0 Å². The maximum Gasteiger partial charge on any atom is 0.239 e. The van der Waals surface area contributed by atoms with E-state index < -0.39 is 16.0 Å². The van der Waals surface area contributed by atoms with Gasteiger partial charge in [0.25, 0.3) is 0 Å². The maximum absolute atomic E-state index is 12.4. The van der Waals surface area contributed by atoms with E-state index in [1.165, 1.54) is 12.3 Å². The third-order valence-corrected chi connectivity index (χ3v) is 5.10. The van der Waals surface area contributed by atoms with Crippen molar-refractivity contribution in [2.45, 2.75) is 31.3 Å². The predicted octanol–water partition coefficient (Wildman–Crippen LogP) is 2.44. The molecule has 7 heteroatoms. The number of para-hydroxylation sites is 1. The molecule has 0 fully saturated rings. The number of pyridine rings is 1. The Labute approximate surface area is 149 Å². The zero-order chi connectivity index (χ0) is 18.2. The maximum atomic E-state index is 12.4. The Morgan fingerprint density at radius 3 is 2.68 bits per heavy atom. The van der Waals surface area contributed by atoms with Crippen molar-refractivity contribution in [3.63, 3.8) is 0 Å². The number of benzene rings is 1. The van der Waals surface area contributed by atoms with Gasteiger partial charge in [-0.05, 0) is 25.5 Å². The normalized spacial score (nSPS) is 13.0. The molecule has 25 heavy (non-hydrogen) atoms. The van der Waals surface area contributed by atoms with Crippen molar-refractivity contribution >= 4 is 22.4 Å². The van der Waals surface area contributed by atoms with Gasteiger partial charge in [0.1, 0.15) is 5.25 Å². The van der Waals surface area contributed by atoms with Gasteiger partial charge in [0, 0.05) is 34.4 Å². The summed E-state index contributed by atoms with van der Waals surface area (Å²) >= 11 is 0. The number of carbonyl (C=O) groups is 1. The van der Waals surface area contributed by atoms with Crippen LogP contribution in [0.15, 0.2) is 47.4 Å². The molecule has 0 aliphatic heterocycles. The summed E-state index contributed by atoms with van der Waals surface area (Å²) < 4.78 is 17.7. The number of hydrogen-bond acceptors (Lipinski definition) is 4. The molecule has 0 bridgehead atoms. The van der Waals surface area contributed by atoms with Crippen molar-refractivity contribution in [1.29, 1.82) is 0 Å². The lowest BCUT2D eigenvalue weighted by Gasteiger charge is -2.12. The molecule has 2 unspecified atom stereocenters. The fourth-order valence-electron chi connectivity index (χ4n) is 2.07. The predicted molar refractivity (Wildman–Crippen MR) is 99.2 cm³/mol. The van der Waals surface area contributed by atoms with Gasteiger partial charge >= 0.3 is 0 Å². The second kappa shape index (κ2) is 9.17. The van der Waals surface area contributed by atoms with Gasteiger partial charge in [-0.3, -0.25) is 13.8 Å². The van der Waals surface area contributed by atoms with E-state index in [0.717, 1.165) is 6.42 Å². The molecule has 1 aromatic carbocycles. The summed E-state index contributed by atoms with van der Waals surface area (Å²) in [6, 6.07) is 10.4. The Morgan fingerprint density at radius 1 is 1.32 bits per heavy atom.